The number of aromatic nitrogens is 2. The Morgan fingerprint density at radius 3 is 2.39 bits per heavy atom. The predicted molar refractivity (Wildman–Crippen MR) is 139 cm³/mol. The van der Waals surface area contributed by atoms with Gasteiger partial charge < -0.3 is 20.1 Å². The predicted octanol–water partition coefficient (Wildman–Crippen LogP) is 2.68. The normalized spacial score (nSPS) is 11.8. The molecule has 0 unspecified atom stereocenters. The van der Waals surface area contributed by atoms with Gasteiger partial charge in [-0.2, -0.15) is 0 Å². The van der Waals surface area contributed by atoms with Crippen molar-refractivity contribution in [3.8, 4) is 28.6 Å². The Kier molecular flexibility index (Phi) is 6.15. The summed E-state index contributed by atoms with van der Waals surface area (Å²) >= 11 is 0. The first kappa shape index (κ1) is 22.8. The summed E-state index contributed by atoms with van der Waals surface area (Å²) in [6.07, 6.45) is 4.98. The molecule has 1 amide bonds. The number of hydrogen-bond acceptors (Lipinski definition) is 5. The third-order valence-electron chi connectivity index (χ3n) is 5.69. The second kappa shape index (κ2) is 9.71. The largest absolute Gasteiger partial charge is 0.497 e. The van der Waals surface area contributed by atoms with Crippen molar-refractivity contribution < 1.29 is 14.3 Å². The second-order valence-electron chi connectivity index (χ2n) is 8.00. The van der Waals surface area contributed by atoms with E-state index < -0.39 is 0 Å². The maximum Gasteiger partial charge on any atom is 0.338 e. The lowest BCUT2D eigenvalue weighted by molar-refractivity contribution is -0.111. The van der Waals surface area contributed by atoms with Crippen LogP contribution in [0.5, 0.6) is 17.2 Å². The molecule has 8 heteroatoms. The molecule has 1 aromatic heterocycles. The molecule has 0 atom stereocenters. The lowest BCUT2D eigenvalue weighted by Gasteiger charge is -2.10. The molecule has 0 bridgehead atoms. The number of hydrogen-bond donors (Lipinski definition) is 2. The summed E-state index contributed by atoms with van der Waals surface area (Å²) in [5.41, 5.74) is 1.60. The van der Waals surface area contributed by atoms with Crippen LogP contribution >= 0.6 is 0 Å². The van der Waals surface area contributed by atoms with E-state index in [1.807, 2.05) is 60.8 Å². The molecule has 0 saturated heterocycles. The Morgan fingerprint density at radius 2 is 1.61 bits per heavy atom. The maximum atomic E-state index is 13.8. The number of anilines is 1. The number of nitrogens with one attached hydrogen (secondary N) is 2. The number of fused-ring (bicyclic) bond motifs is 1. The molecule has 3 aromatic carbocycles. The Balaban J connectivity index is 1.60. The number of benzene rings is 3. The smallest absolute Gasteiger partial charge is 0.338 e. The van der Waals surface area contributed by atoms with Gasteiger partial charge in [-0.15, -0.1) is 0 Å². The van der Waals surface area contributed by atoms with Crippen LogP contribution in [0.1, 0.15) is 0 Å². The first-order chi connectivity index (χ1) is 17.6. The fraction of sp³-hybridized carbons (Fsp3) is 0.0714. The number of carbonyl (C=O) groups is 1. The highest BCUT2D eigenvalue weighted by Crippen LogP contribution is 2.26. The van der Waals surface area contributed by atoms with E-state index >= 15 is 0 Å². The molecule has 0 aliphatic carbocycles. The number of amides is 1. The van der Waals surface area contributed by atoms with Crippen LogP contribution in [0.3, 0.4) is 0 Å². The Morgan fingerprint density at radius 1 is 0.944 bits per heavy atom. The van der Waals surface area contributed by atoms with E-state index in [2.05, 4.69) is 17.2 Å². The van der Waals surface area contributed by atoms with E-state index in [1.54, 1.807) is 40.5 Å². The monoisotopic (exact) mass is 480 g/mol. The van der Waals surface area contributed by atoms with Crippen molar-refractivity contribution in [1.82, 2.24) is 14.5 Å². The van der Waals surface area contributed by atoms with Gasteiger partial charge in [0.2, 0.25) is 5.91 Å². The first-order valence-corrected chi connectivity index (χ1v) is 11.3. The van der Waals surface area contributed by atoms with Gasteiger partial charge in [0.1, 0.15) is 17.2 Å². The average molecular weight is 481 g/mol. The van der Waals surface area contributed by atoms with Crippen molar-refractivity contribution in [1.29, 1.82) is 0 Å². The van der Waals surface area contributed by atoms with Crippen LogP contribution in [0.25, 0.3) is 23.7 Å². The maximum absolute atomic E-state index is 13.8. The topological polar surface area (TPSA) is 86.5 Å². The number of imidazole rings is 1. The Bertz CT molecular complexity index is 1650. The molecular formula is C28H24N4O4. The molecule has 4 aromatic rings. The number of carbonyl (C=O) groups excluding carboxylic acids is 1. The van der Waals surface area contributed by atoms with Gasteiger partial charge in [-0.25, -0.2) is 4.79 Å². The molecule has 5 rings (SSSR count). The molecule has 1 aliphatic rings. The molecule has 0 spiro atoms. The van der Waals surface area contributed by atoms with Crippen LogP contribution in [-0.4, -0.2) is 28.7 Å². The molecule has 2 heterocycles. The standard InChI is InChI=1S/C28H24N4O4/c1-3-27(33)30-19-7-4-8-20(15-19)31-25-13-14-29-18-26(25)32(28(31)34)21-9-5-11-23(16-21)36-24-12-6-10-22(17-24)35-2/h3-13,15-18,29H,1,14H2,2H3,(H,30,33). The van der Waals surface area contributed by atoms with E-state index in [0.717, 1.165) is 5.35 Å². The van der Waals surface area contributed by atoms with E-state index in [9.17, 15) is 9.59 Å². The number of rotatable bonds is 7. The minimum absolute atomic E-state index is 0.248. The lowest BCUT2D eigenvalue weighted by Crippen LogP contribution is -2.38. The van der Waals surface area contributed by atoms with Gasteiger partial charge in [0, 0.05) is 30.6 Å². The molecule has 0 saturated carbocycles. The zero-order chi connectivity index (χ0) is 25.1. The van der Waals surface area contributed by atoms with E-state index in [1.165, 1.54) is 6.08 Å². The van der Waals surface area contributed by atoms with Crippen molar-refractivity contribution in [2.75, 3.05) is 19.0 Å². The van der Waals surface area contributed by atoms with Gasteiger partial charge in [-0.1, -0.05) is 24.8 Å². The van der Waals surface area contributed by atoms with Gasteiger partial charge in [0.15, 0.2) is 0 Å². The molecule has 8 nitrogen and oxygen atoms in total. The van der Waals surface area contributed by atoms with Crippen LogP contribution in [0.4, 0.5) is 5.69 Å². The molecule has 180 valence electrons. The van der Waals surface area contributed by atoms with Gasteiger partial charge in [-0.05, 0) is 54.6 Å². The Labute approximate surface area is 207 Å². The number of methoxy groups -OCH3 is 1. The van der Waals surface area contributed by atoms with Crippen molar-refractivity contribution in [3.05, 3.63) is 107 Å². The zero-order valence-electron chi connectivity index (χ0n) is 19.6. The van der Waals surface area contributed by atoms with Crippen molar-refractivity contribution in [3.63, 3.8) is 0 Å². The fourth-order valence-corrected chi connectivity index (χ4v) is 4.08. The minimum Gasteiger partial charge on any atom is -0.497 e. The minimum atomic E-state index is -0.323. The lowest BCUT2D eigenvalue weighted by atomic mass is 10.2. The molecule has 0 fully saturated rings. The summed E-state index contributed by atoms with van der Waals surface area (Å²) in [6, 6.07) is 21.8. The second-order valence-corrected chi connectivity index (χ2v) is 8.00. The zero-order valence-corrected chi connectivity index (χ0v) is 19.6. The van der Waals surface area contributed by atoms with Crippen LogP contribution < -0.4 is 36.5 Å². The van der Waals surface area contributed by atoms with Crippen LogP contribution in [0.2, 0.25) is 0 Å². The summed E-state index contributed by atoms with van der Waals surface area (Å²) in [6.45, 7) is 4.07. The van der Waals surface area contributed by atoms with Crippen molar-refractivity contribution in [2.24, 2.45) is 0 Å². The number of ether oxygens (including phenoxy) is 2. The highest BCUT2D eigenvalue weighted by molar-refractivity contribution is 5.99. The Hall–Kier alpha value is -4.98. The summed E-state index contributed by atoms with van der Waals surface area (Å²) in [5, 5.41) is 7.40. The SMILES string of the molecule is C=CC(=O)Nc1cccc(-n2c3c(n(-c4cccc(Oc5cccc(OC)c5)c4)c2=O)=CNCC=3)c1. The van der Waals surface area contributed by atoms with Gasteiger partial charge >= 0.3 is 5.69 Å². The van der Waals surface area contributed by atoms with Gasteiger partial charge in [-0.3, -0.25) is 13.9 Å². The van der Waals surface area contributed by atoms with E-state index in [4.69, 9.17) is 9.47 Å². The van der Waals surface area contributed by atoms with Gasteiger partial charge in [0.05, 0.1) is 29.2 Å². The third kappa shape index (κ3) is 4.39. The number of nitrogens with zero attached hydrogens (tertiary/aromatic N) is 2. The molecule has 2 N–H and O–H groups in total. The van der Waals surface area contributed by atoms with Gasteiger partial charge in [0.25, 0.3) is 0 Å². The quantitative estimate of drug-likeness (QED) is 0.397. The average Bonchev–Trinajstić information content (AvgIpc) is 3.20. The van der Waals surface area contributed by atoms with E-state index in [-0.39, 0.29) is 11.6 Å². The summed E-state index contributed by atoms with van der Waals surface area (Å²) < 4.78 is 14.6. The van der Waals surface area contributed by atoms with Crippen molar-refractivity contribution >= 4 is 23.9 Å². The summed E-state index contributed by atoms with van der Waals surface area (Å²) in [5.74, 6) is 1.57. The molecular weight excluding hydrogens is 456 g/mol. The molecule has 36 heavy (non-hydrogen) atoms. The van der Waals surface area contributed by atoms with Crippen LogP contribution in [0.15, 0.2) is 90.2 Å². The van der Waals surface area contributed by atoms with Crippen LogP contribution in [0, 0.1) is 0 Å². The molecule has 0 radical (unpaired) electrons. The van der Waals surface area contributed by atoms with E-state index in [0.29, 0.717) is 46.2 Å². The van der Waals surface area contributed by atoms with Crippen molar-refractivity contribution in [2.45, 2.75) is 0 Å². The highest BCUT2D eigenvalue weighted by Gasteiger charge is 2.16. The fourth-order valence-electron chi connectivity index (χ4n) is 4.08. The highest BCUT2D eigenvalue weighted by atomic mass is 16.5. The molecule has 1 aliphatic heterocycles. The summed E-state index contributed by atoms with van der Waals surface area (Å²) in [4.78, 5) is 25.6. The van der Waals surface area contributed by atoms with Crippen LogP contribution in [-0.2, 0) is 4.79 Å². The first-order valence-electron chi connectivity index (χ1n) is 11.3. The third-order valence-corrected chi connectivity index (χ3v) is 5.69. The summed E-state index contributed by atoms with van der Waals surface area (Å²) in [7, 11) is 1.60.